The van der Waals surface area contributed by atoms with E-state index in [9.17, 15) is 8.42 Å². The van der Waals surface area contributed by atoms with Gasteiger partial charge in [-0.2, -0.15) is 0 Å². The monoisotopic (exact) mass is 305 g/mol. The molecule has 0 saturated heterocycles. The summed E-state index contributed by atoms with van der Waals surface area (Å²) in [4.78, 5) is 3.91. The van der Waals surface area contributed by atoms with Gasteiger partial charge in [0.1, 0.15) is 15.6 Å². The van der Waals surface area contributed by atoms with E-state index in [-0.39, 0.29) is 18.3 Å². The highest BCUT2D eigenvalue weighted by molar-refractivity contribution is 7.90. The number of sulfone groups is 1. The Labute approximate surface area is 117 Å². The zero-order chi connectivity index (χ0) is 14.5. The SMILES string of the molecule is COc1ccc(NC(N)=NCCS(C)(=O)=O)cc1Cl. The lowest BCUT2D eigenvalue weighted by atomic mass is 10.3. The number of benzene rings is 1. The van der Waals surface area contributed by atoms with Crippen LogP contribution >= 0.6 is 11.6 Å². The molecular weight excluding hydrogens is 290 g/mol. The van der Waals surface area contributed by atoms with E-state index < -0.39 is 9.84 Å². The lowest BCUT2D eigenvalue weighted by molar-refractivity contribution is 0.415. The molecule has 0 unspecified atom stereocenters. The van der Waals surface area contributed by atoms with Crippen LogP contribution in [-0.2, 0) is 9.84 Å². The fourth-order valence-electron chi connectivity index (χ4n) is 1.26. The van der Waals surface area contributed by atoms with E-state index in [4.69, 9.17) is 22.1 Å². The van der Waals surface area contributed by atoms with Crippen LogP contribution in [0.5, 0.6) is 5.75 Å². The molecule has 1 aromatic carbocycles. The summed E-state index contributed by atoms with van der Waals surface area (Å²) in [6.07, 6.45) is 1.15. The van der Waals surface area contributed by atoms with Gasteiger partial charge < -0.3 is 15.8 Å². The average molecular weight is 306 g/mol. The van der Waals surface area contributed by atoms with E-state index in [1.54, 1.807) is 18.2 Å². The van der Waals surface area contributed by atoms with Gasteiger partial charge in [-0.15, -0.1) is 0 Å². The second-order valence-corrected chi connectivity index (χ2v) is 6.54. The maximum atomic E-state index is 10.9. The first-order chi connectivity index (χ1) is 8.81. The Kier molecular flexibility index (Phi) is 5.44. The van der Waals surface area contributed by atoms with Crippen LogP contribution in [0.1, 0.15) is 0 Å². The van der Waals surface area contributed by atoms with Crippen molar-refractivity contribution in [1.29, 1.82) is 0 Å². The molecule has 8 heteroatoms. The number of methoxy groups -OCH3 is 1. The van der Waals surface area contributed by atoms with E-state index in [0.717, 1.165) is 6.26 Å². The van der Waals surface area contributed by atoms with Crippen LogP contribution < -0.4 is 15.8 Å². The normalized spacial score (nSPS) is 12.3. The van der Waals surface area contributed by atoms with Crippen molar-refractivity contribution >= 4 is 33.1 Å². The Morgan fingerprint density at radius 3 is 2.74 bits per heavy atom. The molecule has 0 heterocycles. The largest absolute Gasteiger partial charge is 0.495 e. The number of hydrogen-bond acceptors (Lipinski definition) is 4. The van der Waals surface area contributed by atoms with Crippen molar-refractivity contribution in [1.82, 2.24) is 0 Å². The summed E-state index contributed by atoms with van der Waals surface area (Å²) in [5.74, 6) is 0.642. The Morgan fingerprint density at radius 1 is 1.53 bits per heavy atom. The number of nitrogens with one attached hydrogen (secondary N) is 1. The molecule has 0 fully saturated rings. The fourth-order valence-corrected chi connectivity index (χ4v) is 1.94. The quantitative estimate of drug-likeness (QED) is 0.628. The van der Waals surface area contributed by atoms with Crippen molar-refractivity contribution in [3.63, 3.8) is 0 Å². The van der Waals surface area contributed by atoms with Gasteiger partial charge >= 0.3 is 0 Å². The molecule has 19 heavy (non-hydrogen) atoms. The van der Waals surface area contributed by atoms with Gasteiger partial charge in [0.15, 0.2) is 5.96 Å². The smallest absolute Gasteiger partial charge is 0.193 e. The van der Waals surface area contributed by atoms with E-state index in [1.807, 2.05) is 0 Å². The molecule has 0 aliphatic rings. The molecule has 0 aliphatic carbocycles. The molecule has 0 spiro atoms. The van der Waals surface area contributed by atoms with Gasteiger partial charge in [0.05, 0.1) is 24.4 Å². The lowest BCUT2D eigenvalue weighted by Crippen LogP contribution is -2.23. The Balaban J connectivity index is 2.64. The van der Waals surface area contributed by atoms with Crippen LogP contribution in [0.15, 0.2) is 23.2 Å². The van der Waals surface area contributed by atoms with Gasteiger partial charge in [0.2, 0.25) is 0 Å². The van der Waals surface area contributed by atoms with Crippen molar-refractivity contribution in [3.8, 4) is 5.75 Å². The number of nitrogens with two attached hydrogens (primary N) is 1. The molecule has 0 amide bonds. The van der Waals surface area contributed by atoms with Crippen molar-refractivity contribution < 1.29 is 13.2 Å². The molecular formula is C11H16ClN3O3S. The summed E-state index contributed by atoms with van der Waals surface area (Å²) in [5, 5.41) is 3.25. The molecule has 0 aliphatic heterocycles. The molecule has 0 atom stereocenters. The minimum atomic E-state index is -3.04. The first kappa shape index (κ1) is 15.6. The average Bonchev–Trinajstić information content (AvgIpc) is 2.27. The van der Waals surface area contributed by atoms with Gasteiger partial charge in [0.25, 0.3) is 0 Å². The third-order valence-corrected chi connectivity index (χ3v) is 3.39. The summed E-state index contributed by atoms with van der Waals surface area (Å²) in [7, 11) is -1.51. The van der Waals surface area contributed by atoms with Crippen LogP contribution in [0.2, 0.25) is 5.02 Å². The summed E-state index contributed by atoms with van der Waals surface area (Å²) < 4.78 is 26.9. The number of ether oxygens (including phenoxy) is 1. The van der Waals surface area contributed by atoms with E-state index >= 15 is 0 Å². The molecule has 106 valence electrons. The molecule has 3 N–H and O–H groups in total. The Morgan fingerprint density at radius 2 is 2.21 bits per heavy atom. The van der Waals surface area contributed by atoms with Crippen LogP contribution in [0.25, 0.3) is 0 Å². The van der Waals surface area contributed by atoms with Crippen molar-refractivity contribution in [2.75, 3.05) is 31.0 Å². The predicted molar refractivity (Wildman–Crippen MR) is 77.8 cm³/mol. The predicted octanol–water partition coefficient (Wildman–Crippen LogP) is 1.12. The maximum absolute atomic E-state index is 10.9. The summed E-state index contributed by atoms with van der Waals surface area (Å²) >= 11 is 5.95. The van der Waals surface area contributed by atoms with Crippen LogP contribution in [-0.4, -0.2) is 40.0 Å². The van der Waals surface area contributed by atoms with Crippen molar-refractivity contribution in [2.45, 2.75) is 0 Å². The maximum Gasteiger partial charge on any atom is 0.193 e. The number of guanidine groups is 1. The van der Waals surface area contributed by atoms with Gasteiger partial charge in [-0.1, -0.05) is 11.6 Å². The minimum absolute atomic E-state index is 0.0429. The zero-order valence-corrected chi connectivity index (χ0v) is 12.3. The standard InChI is InChI=1S/C11H16ClN3O3S/c1-18-10-4-3-8(7-9(10)12)15-11(13)14-5-6-19(2,16)17/h3-4,7H,5-6H2,1-2H3,(H3,13,14,15). The molecule has 1 aromatic rings. The molecule has 0 radical (unpaired) electrons. The highest BCUT2D eigenvalue weighted by atomic mass is 35.5. The van der Waals surface area contributed by atoms with E-state index in [1.165, 1.54) is 7.11 Å². The van der Waals surface area contributed by atoms with Gasteiger partial charge in [-0.25, -0.2) is 8.42 Å². The Hall–Kier alpha value is -1.47. The molecule has 6 nitrogen and oxygen atoms in total. The minimum Gasteiger partial charge on any atom is -0.495 e. The highest BCUT2D eigenvalue weighted by Crippen LogP contribution is 2.26. The number of aliphatic imine (C=N–C) groups is 1. The van der Waals surface area contributed by atoms with E-state index in [2.05, 4.69) is 10.3 Å². The first-order valence-corrected chi connectivity index (χ1v) is 7.84. The second kappa shape index (κ2) is 6.63. The highest BCUT2D eigenvalue weighted by Gasteiger charge is 2.03. The molecule has 0 saturated carbocycles. The number of rotatable bonds is 5. The summed E-state index contributed by atoms with van der Waals surface area (Å²) in [5.41, 5.74) is 6.27. The third kappa shape index (κ3) is 5.80. The number of hydrogen-bond donors (Lipinski definition) is 2. The van der Waals surface area contributed by atoms with Crippen LogP contribution in [0.3, 0.4) is 0 Å². The number of anilines is 1. The van der Waals surface area contributed by atoms with Gasteiger partial charge in [0, 0.05) is 11.9 Å². The van der Waals surface area contributed by atoms with E-state index in [0.29, 0.717) is 16.5 Å². The van der Waals surface area contributed by atoms with Gasteiger partial charge in [-0.3, -0.25) is 4.99 Å². The van der Waals surface area contributed by atoms with Crippen LogP contribution in [0, 0.1) is 0 Å². The summed E-state index contributed by atoms with van der Waals surface area (Å²) in [6, 6.07) is 5.05. The molecule has 0 aromatic heterocycles. The number of halogens is 1. The second-order valence-electron chi connectivity index (χ2n) is 3.87. The fraction of sp³-hybridized carbons (Fsp3) is 0.364. The van der Waals surface area contributed by atoms with Crippen molar-refractivity contribution in [3.05, 3.63) is 23.2 Å². The van der Waals surface area contributed by atoms with Crippen molar-refractivity contribution in [2.24, 2.45) is 10.7 Å². The molecule has 1 rings (SSSR count). The third-order valence-electron chi connectivity index (χ3n) is 2.17. The Bertz CT molecular complexity index is 573. The lowest BCUT2D eigenvalue weighted by Gasteiger charge is -2.08. The van der Waals surface area contributed by atoms with Gasteiger partial charge in [-0.05, 0) is 18.2 Å². The first-order valence-electron chi connectivity index (χ1n) is 5.40. The number of nitrogens with zero attached hydrogens (tertiary/aromatic N) is 1. The summed E-state index contributed by atoms with van der Waals surface area (Å²) in [6.45, 7) is 0.113. The zero-order valence-electron chi connectivity index (χ0n) is 10.7. The van der Waals surface area contributed by atoms with Crippen LogP contribution in [0.4, 0.5) is 5.69 Å². The topological polar surface area (TPSA) is 93.8 Å². The molecule has 0 bridgehead atoms.